The standard InChI is InChI=1S/C10H14N2O3/c1-15-9-3-2-6(8(13)5-11)4-7(9)10(12)14/h2-4,8,13H,5,11H2,1H3,(H2,12,14). The third-order valence-corrected chi connectivity index (χ3v) is 2.10. The average molecular weight is 210 g/mol. The minimum Gasteiger partial charge on any atom is -0.496 e. The number of ether oxygens (including phenoxy) is 1. The van der Waals surface area contributed by atoms with E-state index in [4.69, 9.17) is 16.2 Å². The van der Waals surface area contributed by atoms with Crippen molar-refractivity contribution in [3.63, 3.8) is 0 Å². The number of nitrogens with two attached hydrogens (primary N) is 2. The molecule has 5 heteroatoms. The highest BCUT2D eigenvalue weighted by molar-refractivity contribution is 5.95. The Labute approximate surface area is 87.6 Å². The highest BCUT2D eigenvalue weighted by Crippen LogP contribution is 2.22. The van der Waals surface area contributed by atoms with Crippen LogP contribution in [0.1, 0.15) is 22.0 Å². The highest BCUT2D eigenvalue weighted by Gasteiger charge is 2.12. The second-order valence-corrected chi connectivity index (χ2v) is 3.08. The lowest BCUT2D eigenvalue weighted by molar-refractivity contribution is 0.0997. The van der Waals surface area contributed by atoms with Gasteiger partial charge in [0, 0.05) is 6.54 Å². The van der Waals surface area contributed by atoms with Crippen molar-refractivity contribution in [2.24, 2.45) is 11.5 Å². The van der Waals surface area contributed by atoms with E-state index in [1.165, 1.54) is 13.2 Å². The molecular weight excluding hydrogens is 196 g/mol. The molecule has 0 aliphatic carbocycles. The molecule has 0 saturated carbocycles. The van der Waals surface area contributed by atoms with E-state index < -0.39 is 12.0 Å². The molecule has 0 aromatic heterocycles. The Bertz CT molecular complexity index is 366. The van der Waals surface area contributed by atoms with Crippen LogP contribution in [0, 0.1) is 0 Å². The number of hydrogen-bond donors (Lipinski definition) is 3. The number of methoxy groups -OCH3 is 1. The van der Waals surface area contributed by atoms with Gasteiger partial charge in [-0.15, -0.1) is 0 Å². The van der Waals surface area contributed by atoms with E-state index in [-0.39, 0.29) is 12.1 Å². The van der Waals surface area contributed by atoms with Crippen molar-refractivity contribution < 1.29 is 14.6 Å². The molecule has 1 aromatic carbocycles. The number of primary amides is 1. The van der Waals surface area contributed by atoms with Crippen LogP contribution in [0.2, 0.25) is 0 Å². The normalized spacial score (nSPS) is 12.2. The molecule has 1 atom stereocenters. The van der Waals surface area contributed by atoms with Crippen molar-refractivity contribution in [3.8, 4) is 5.75 Å². The first-order chi connectivity index (χ1) is 7.10. The van der Waals surface area contributed by atoms with Gasteiger partial charge in [-0.25, -0.2) is 0 Å². The molecule has 0 aliphatic heterocycles. The first-order valence-electron chi connectivity index (χ1n) is 4.46. The largest absolute Gasteiger partial charge is 0.496 e. The summed E-state index contributed by atoms with van der Waals surface area (Å²) in [6.07, 6.45) is -0.797. The molecule has 5 nitrogen and oxygen atoms in total. The van der Waals surface area contributed by atoms with Gasteiger partial charge in [0.1, 0.15) is 5.75 Å². The van der Waals surface area contributed by atoms with Crippen molar-refractivity contribution in [1.82, 2.24) is 0 Å². The van der Waals surface area contributed by atoms with Gasteiger partial charge in [0.25, 0.3) is 5.91 Å². The van der Waals surface area contributed by atoms with Crippen LogP contribution in [-0.2, 0) is 0 Å². The van der Waals surface area contributed by atoms with Crippen molar-refractivity contribution in [2.75, 3.05) is 13.7 Å². The van der Waals surface area contributed by atoms with Gasteiger partial charge >= 0.3 is 0 Å². The fourth-order valence-electron chi connectivity index (χ4n) is 1.26. The Morgan fingerprint density at radius 1 is 1.60 bits per heavy atom. The zero-order chi connectivity index (χ0) is 11.4. The summed E-state index contributed by atoms with van der Waals surface area (Å²) in [5, 5.41) is 9.48. The van der Waals surface area contributed by atoms with Gasteiger partial charge < -0.3 is 21.3 Å². The molecule has 1 rings (SSSR count). The smallest absolute Gasteiger partial charge is 0.252 e. The summed E-state index contributed by atoms with van der Waals surface area (Å²) >= 11 is 0. The van der Waals surface area contributed by atoms with Crippen molar-refractivity contribution in [3.05, 3.63) is 29.3 Å². The quantitative estimate of drug-likeness (QED) is 0.640. The Balaban J connectivity index is 3.16. The van der Waals surface area contributed by atoms with Gasteiger partial charge in [-0.1, -0.05) is 6.07 Å². The van der Waals surface area contributed by atoms with Crippen LogP contribution in [-0.4, -0.2) is 24.7 Å². The molecule has 15 heavy (non-hydrogen) atoms. The van der Waals surface area contributed by atoms with Crippen LogP contribution in [0.25, 0.3) is 0 Å². The lowest BCUT2D eigenvalue weighted by Gasteiger charge is -2.11. The lowest BCUT2D eigenvalue weighted by Crippen LogP contribution is -2.15. The first kappa shape index (κ1) is 11.5. The Morgan fingerprint density at radius 3 is 2.73 bits per heavy atom. The molecule has 82 valence electrons. The van der Waals surface area contributed by atoms with E-state index in [0.717, 1.165) is 0 Å². The minimum atomic E-state index is -0.797. The summed E-state index contributed by atoms with van der Waals surface area (Å²) in [4.78, 5) is 11.1. The Hall–Kier alpha value is -1.59. The molecule has 1 amide bonds. The predicted molar refractivity (Wildman–Crippen MR) is 55.5 cm³/mol. The Kier molecular flexibility index (Phi) is 3.65. The molecule has 0 bridgehead atoms. The summed E-state index contributed by atoms with van der Waals surface area (Å²) in [6, 6.07) is 4.70. The SMILES string of the molecule is COc1ccc(C(O)CN)cc1C(N)=O. The van der Waals surface area contributed by atoms with Gasteiger partial charge in [-0.05, 0) is 17.7 Å². The van der Waals surface area contributed by atoms with Crippen molar-refractivity contribution in [2.45, 2.75) is 6.10 Å². The summed E-state index contributed by atoms with van der Waals surface area (Å²) in [5.74, 6) is -0.214. The van der Waals surface area contributed by atoms with Crippen LogP contribution in [0.5, 0.6) is 5.75 Å². The monoisotopic (exact) mass is 210 g/mol. The van der Waals surface area contributed by atoms with E-state index >= 15 is 0 Å². The zero-order valence-electron chi connectivity index (χ0n) is 8.43. The molecule has 5 N–H and O–H groups in total. The van der Waals surface area contributed by atoms with Crippen LogP contribution >= 0.6 is 0 Å². The van der Waals surface area contributed by atoms with E-state index in [1.54, 1.807) is 12.1 Å². The van der Waals surface area contributed by atoms with E-state index in [1.807, 2.05) is 0 Å². The molecule has 0 radical (unpaired) electrons. The first-order valence-corrected chi connectivity index (χ1v) is 4.46. The molecule has 1 aromatic rings. The molecule has 0 fully saturated rings. The third-order valence-electron chi connectivity index (χ3n) is 2.10. The minimum absolute atomic E-state index is 0.0878. The molecule has 0 aliphatic rings. The second kappa shape index (κ2) is 4.77. The maximum atomic E-state index is 11.1. The fourth-order valence-corrected chi connectivity index (χ4v) is 1.26. The van der Waals surface area contributed by atoms with Gasteiger partial charge in [-0.3, -0.25) is 4.79 Å². The Morgan fingerprint density at radius 2 is 2.27 bits per heavy atom. The number of carbonyl (C=O) groups is 1. The maximum absolute atomic E-state index is 11.1. The second-order valence-electron chi connectivity index (χ2n) is 3.08. The summed E-state index contributed by atoms with van der Waals surface area (Å²) in [7, 11) is 1.45. The van der Waals surface area contributed by atoms with Crippen LogP contribution in [0.3, 0.4) is 0 Å². The number of aliphatic hydroxyl groups excluding tert-OH is 1. The number of carbonyl (C=O) groups excluding carboxylic acids is 1. The summed E-state index contributed by atoms with van der Waals surface area (Å²) < 4.78 is 4.96. The van der Waals surface area contributed by atoms with Gasteiger partial charge in [-0.2, -0.15) is 0 Å². The number of amides is 1. The van der Waals surface area contributed by atoms with Crippen molar-refractivity contribution in [1.29, 1.82) is 0 Å². The molecule has 0 spiro atoms. The van der Waals surface area contributed by atoms with E-state index in [2.05, 4.69) is 0 Å². The number of rotatable bonds is 4. The zero-order valence-corrected chi connectivity index (χ0v) is 8.43. The third kappa shape index (κ3) is 2.45. The number of benzene rings is 1. The van der Waals surface area contributed by atoms with E-state index in [0.29, 0.717) is 11.3 Å². The molecule has 0 heterocycles. The predicted octanol–water partition coefficient (Wildman–Crippen LogP) is -0.214. The molecular formula is C10H14N2O3. The topological polar surface area (TPSA) is 98.6 Å². The van der Waals surface area contributed by atoms with Gasteiger partial charge in [0.15, 0.2) is 0 Å². The fraction of sp³-hybridized carbons (Fsp3) is 0.300. The molecule has 1 unspecified atom stereocenters. The van der Waals surface area contributed by atoms with Gasteiger partial charge in [0.05, 0.1) is 18.8 Å². The summed E-state index contributed by atoms with van der Waals surface area (Å²) in [5.41, 5.74) is 11.3. The van der Waals surface area contributed by atoms with E-state index in [9.17, 15) is 9.90 Å². The average Bonchev–Trinajstić information content (AvgIpc) is 2.27. The van der Waals surface area contributed by atoms with Crippen molar-refractivity contribution >= 4 is 5.91 Å². The molecule has 0 saturated heterocycles. The van der Waals surface area contributed by atoms with Crippen LogP contribution in [0.15, 0.2) is 18.2 Å². The number of aliphatic hydroxyl groups is 1. The lowest BCUT2D eigenvalue weighted by atomic mass is 10.0. The van der Waals surface area contributed by atoms with Crippen LogP contribution < -0.4 is 16.2 Å². The maximum Gasteiger partial charge on any atom is 0.252 e. The number of hydrogen-bond acceptors (Lipinski definition) is 4. The van der Waals surface area contributed by atoms with Crippen LogP contribution in [0.4, 0.5) is 0 Å². The van der Waals surface area contributed by atoms with Gasteiger partial charge in [0.2, 0.25) is 0 Å². The summed E-state index contributed by atoms with van der Waals surface area (Å²) in [6.45, 7) is 0.0878. The highest BCUT2D eigenvalue weighted by atomic mass is 16.5.